The molecule has 1 aliphatic heterocycles. The molecule has 132 valence electrons. The minimum absolute atomic E-state index is 0.0595. The highest BCUT2D eigenvalue weighted by atomic mass is 16.5. The van der Waals surface area contributed by atoms with Gasteiger partial charge < -0.3 is 15.0 Å². The van der Waals surface area contributed by atoms with Crippen LogP contribution in [0.4, 0.5) is 11.4 Å². The van der Waals surface area contributed by atoms with Crippen LogP contribution in [-0.2, 0) is 16.0 Å². The van der Waals surface area contributed by atoms with E-state index in [4.69, 9.17) is 4.74 Å². The van der Waals surface area contributed by atoms with E-state index in [2.05, 4.69) is 47.5 Å². The third-order valence-corrected chi connectivity index (χ3v) is 4.61. The van der Waals surface area contributed by atoms with Crippen molar-refractivity contribution in [2.75, 3.05) is 36.5 Å². The molecule has 0 aromatic heterocycles. The van der Waals surface area contributed by atoms with Gasteiger partial charge in [0.15, 0.2) is 0 Å². The van der Waals surface area contributed by atoms with E-state index in [1.807, 2.05) is 19.1 Å². The lowest BCUT2D eigenvalue weighted by Crippen LogP contribution is -2.36. The summed E-state index contributed by atoms with van der Waals surface area (Å²) in [6.45, 7) is 7.54. The van der Waals surface area contributed by atoms with Gasteiger partial charge in [0.1, 0.15) is 0 Å². The van der Waals surface area contributed by atoms with E-state index >= 15 is 0 Å². The van der Waals surface area contributed by atoms with Crippen LogP contribution in [0, 0.1) is 13.8 Å². The first kappa shape index (κ1) is 17.5. The minimum atomic E-state index is 0.0595. The Morgan fingerprint density at radius 2 is 1.80 bits per heavy atom. The molecule has 2 aromatic rings. The predicted molar refractivity (Wildman–Crippen MR) is 102 cm³/mol. The van der Waals surface area contributed by atoms with Gasteiger partial charge in [-0.1, -0.05) is 29.8 Å². The summed E-state index contributed by atoms with van der Waals surface area (Å²) >= 11 is 0. The maximum Gasteiger partial charge on any atom is 0.224 e. The monoisotopic (exact) mass is 338 g/mol. The molecule has 1 amide bonds. The molecule has 1 fully saturated rings. The third kappa shape index (κ3) is 4.83. The highest BCUT2D eigenvalue weighted by Gasteiger charge is 2.11. The average molecular weight is 338 g/mol. The van der Waals surface area contributed by atoms with Crippen molar-refractivity contribution in [1.29, 1.82) is 0 Å². The Kier molecular flexibility index (Phi) is 5.71. The quantitative estimate of drug-likeness (QED) is 0.903. The zero-order valence-corrected chi connectivity index (χ0v) is 15.0. The fourth-order valence-electron chi connectivity index (χ4n) is 3.12. The molecule has 3 rings (SSSR count). The number of benzene rings is 2. The summed E-state index contributed by atoms with van der Waals surface area (Å²) in [6, 6.07) is 14.6. The zero-order valence-electron chi connectivity index (χ0n) is 15.0. The van der Waals surface area contributed by atoms with E-state index in [0.717, 1.165) is 44.0 Å². The summed E-state index contributed by atoms with van der Waals surface area (Å²) in [6.07, 6.45) is 1.24. The molecule has 0 unspecified atom stereocenters. The van der Waals surface area contributed by atoms with Crippen LogP contribution in [-0.4, -0.2) is 32.2 Å². The molecule has 4 nitrogen and oxygen atoms in total. The molecule has 4 heteroatoms. The van der Waals surface area contributed by atoms with Crippen LogP contribution >= 0.6 is 0 Å². The number of nitrogens with zero attached hydrogens (tertiary/aromatic N) is 1. The minimum Gasteiger partial charge on any atom is -0.378 e. The van der Waals surface area contributed by atoms with Crippen LogP contribution < -0.4 is 10.2 Å². The summed E-state index contributed by atoms with van der Waals surface area (Å²) in [7, 11) is 0. The number of hydrogen-bond acceptors (Lipinski definition) is 3. The smallest absolute Gasteiger partial charge is 0.224 e. The summed E-state index contributed by atoms with van der Waals surface area (Å²) in [4.78, 5) is 14.5. The van der Waals surface area contributed by atoms with E-state index < -0.39 is 0 Å². The number of anilines is 2. The van der Waals surface area contributed by atoms with Crippen LogP contribution in [0.1, 0.15) is 23.1 Å². The molecule has 0 bridgehead atoms. The maximum atomic E-state index is 12.2. The highest BCUT2D eigenvalue weighted by molar-refractivity contribution is 5.91. The lowest BCUT2D eigenvalue weighted by Gasteiger charge is -2.28. The number of rotatable bonds is 5. The van der Waals surface area contributed by atoms with Gasteiger partial charge in [-0.05, 0) is 49.6 Å². The Morgan fingerprint density at radius 3 is 2.48 bits per heavy atom. The van der Waals surface area contributed by atoms with Gasteiger partial charge in [-0.3, -0.25) is 4.79 Å². The molecule has 0 atom stereocenters. The van der Waals surface area contributed by atoms with E-state index in [-0.39, 0.29) is 5.91 Å². The third-order valence-electron chi connectivity index (χ3n) is 4.61. The molecule has 1 heterocycles. The second-order valence-corrected chi connectivity index (χ2v) is 6.63. The number of carbonyl (C=O) groups excluding carboxylic acids is 1. The maximum absolute atomic E-state index is 12.2. The van der Waals surface area contributed by atoms with Crippen LogP contribution in [0.5, 0.6) is 0 Å². The molecular weight excluding hydrogens is 312 g/mol. The fourth-order valence-corrected chi connectivity index (χ4v) is 3.12. The number of morpholine rings is 1. The largest absolute Gasteiger partial charge is 0.378 e. The molecule has 25 heavy (non-hydrogen) atoms. The molecule has 0 saturated carbocycles. The van der Waals surface area contributed by atoms with Crippen molar-refractivity contribution in [3.8, 4) is 0 Å². The lowest BCUT2D eigenvalue weighted by atomic mass is 10.1. The first-order valence-electron chi connectivity index (χ1n) is 8.90. The fraction of sp³-hybridized carbons (Fsp3) is 0.381. The summed E-state index contributed by atoms with van der Waals surface area (Å²) in [5.41, 5.74) is 5.62. The first-order chi connectivity index (χ1) is 12.1. The summed E-state index contributed by atoms with van der Waals surface area (Å²) in [5.74, 6) is 0.0595. The van der Waals surface area contributed by atoms with Gasteiger partial charge in [-0.2, -0.15) is 0 Å². The number of amides is 1. The molecular formula is C21H26N2O2. The van der Waals surface area contributed by atoms with Gasteiger partial charge in [0.05, 0.1) is 13.2 Å². The topological polar surface area (TPSA) is 41.6 Å². The number of carbonyl (C=O) groups is 1. The Bertz CT molecular complexity index is 719. The Labute approximate surface area is 149 Å². The molecule has 1 N–H and O–H groups in total. The Morgan fingerprint density at radius 1 is 1.08 bits per heavy atom. The van der Waals surface area contributed by atoms with Gasteiger partial charge in [-0.25, -0.2) is 0 Å². The summed E-state index contributed by atoms with van der Waals surface area (Å²) < 4.78 is 5.39. The predicted octanol–water partition coefficient (Wildman–Crippen LogP) is 3.71. The molecule has 0 spiro atoms. The highest BCUT2D eigenvalue weighted by Crippen LogP contribution is 2.19. The number of ether oxygens (including phenoxy) is 1. The number of nitrogens with one attached hydrogen (secondary N) is 1. The average Bonchev–Trinajstić information content (AvgIpc) is 2.63. The van der Waals surface area contributed by atoms with Crippen molar-refractivity contribution < 1.29 is 9.53 Å². The van der Waals surface area contributed by atoms with Crippen molar-refractivity contribution in [2.24, 2.45) is 0 Å². The molecule has 1 aliphatic rings. The van der Waals surface area contributed by atoms with Gasteiger partial charge in [-0.15, -0.1) is 0 Å². The normalized spacial score (nSPS) is 14.4. The zero-order chi connectivity index (χ0) is 17.6. The van der Waals surface area contributed by atoms with Crippen LogP contribution in [0.25, 0.3) is 0 Å². The Hall–Kier alpha value is -2.33. The van der Waals surface area contributed by atoms with Crippen molar-refractivity contribution >= 4 is 17.3 Å². The number of aryl methyl sites for hydroxylation is 3. The molecule has 0 aliphatic carbocycles. The van der Waals surface area contributed by atoms with Gasteiger partial charge in [0.25, 0.3) is 0 Å². The van der Waals surface area contributed by atoms with E-state index in [9.17, 15) is 4.79 Å². The standard InChI is InChI=1S/C21H26N2O2/c1-16-3-9-20(17(2)15-16)22-21(24)10-6-18-4-7-19(8-5-18)23-11-13-25-14-12-23/h3-5,7-9,15H,6,10-14H2,1-2H3,(H,22,24). The molecule has 1 saturated heterocycles. The van der Waals surface area contributed by atoms with E-state index in [1.165, 1.54) is 16.8 Å². The first-order valence-corrected chi connectivity index (χ1v) is 8.90. The molecule has 2 aromatic carbocycles. The van der Waals surface area contributed by atoms with Gasteiger partial charge >= 0.3 is 0 Å². The van der Waals surface area contributed by atoms with Crippen LogP contribution in [0.15, 0.2) is 42.5 Å². The summed E-state index contributed by atoms with van der Waals surface area (Å²) in [5, 5.41) is 3.01. The van der Waals surface area contributed by atoms with Gasteiger partial charge in [0.2, 0.25) is 5.91 Å². The lowest BCUT2D eigenvalue weighted by molar-refractivity contribution is -0.116. The van der Waals surface area contributed by atoms with E-state index in [0.29, 0.717) is 6.42 Å². The second kappa shape index (κ2) is 8.17. The van der Waals surface area contributed by atoms with Crippen molar-refractivity contribution in [3.05, 3.63) is 59.2 Å². The number of hydrogen-bond donors (Lipinski definition) is 1. The molecule has 0 radical (unpaired) electrons. The van der Waals surface area contributed by atoms with Crippen LogP contribution in [0.2, 0.25) is 0 Å². The van der Waals surface area contributed by atoms with Crippen LogP contribution in [0.3, 0.4) is 0 Å². The Balaban J connectivity index is 1.51. The van der Waals surface area contributed by atoms with Gasteiger partial charge in [0, 0.05) is 30.9 Å². The SMILES string of the molecule is Cc1ccc(NC(=O)CCc2ccc(N3CCOCC3)cc2)c(C)c1. The van der Waals surface area contributed by atoms with Crippen molar-refractivity contribution in [3.63, 3.8) is 0 Å². The van der Waals surface area contributed by atoms with E-state index in [1.54, 1.807) is 0 Å². The van der Waals surface area contributed by atoms with Crippen molar-refractivity contribution in [2.45, 2.75) is 26.7 Å². The second-order valence-electron chi connectivity index (χ2n) is 6.63. The van der Waals surface area contributed by atoms with Crippen molar-refractivity contribution in [1.82, 2.24) is 0 Å².